The van der Waals surface area contributed by atoms with Crippen LogP contribution in [0.1, 0.15) is 43.2 Å². The van der Waals surface area contributed by atoms with E-state index in [2.05, 4.69) is 35.1 Å². The van der Waals surface area contributed by atoms with Crippen molar-refractivity contribution in [3.8, 4) is 10.4 Å². The predicted molar refractivity (Wildman–Crippen MR) is 115 cm³/mol. The fraction of sp³-hybridized carbons (Fsp3) is 0.455. The van der Waals surface area contributed by atoms with Gasteiger partial charge in [0.2, 0.25) is 5.43 Å². The lowest BCUT2D eigenvalue weighted by Crippen LogP contribution is -2.17. The number of rotatable bonds is 3. The molecule has 5 rings (SSSR count). The summed E-state index contributed by atoms with van der Waals surface area (Å²) in [4.78, 5) is 20.3. The van der Waals surface area contributed by atoms with Crippen molar-refractivity contribution in [2.75, 3.05) is 6.26 Å². The maximum Gasteiger partial charge on any atom is 0.211 e. The van der Waals surface area contributed by atoms with Gasteiger partial charge in [0.1, 0.15) is 10.3 Å². The third kappa shape index (κ3) is 2.95. The highest BCUT2D eigenvalue weighted by molar-refractivity contribution is 7.98. The van der Waals surface area contributed by atoms with E-state index in [0.29, 0.717) is 11.4 Å². The number of fused-ring (bicyclic) bond motifs is 4. The van der Waals surface area contributed by atoms with Crippen LogP contribution in [0.4, 0.5) is 0 Å². The summed E-state index contributed by atoms with van der Waals surface area (Å²) in [5, 5.41) is 1.000. The SMILES string of the molecule is CSc1nc2c(=O)c3c(sc2n1CC1CCCCC1)-c1ccccc1CC3. The Morgan fingerprint density at radius 2 is 2.00 bits per heavy atom. The Hall–Kier alpha value is -1.59. The van der Waals surface area contributed by atoms with Crippen molar-refractivity contribution in [1.29, 1.82) is 0 Å². The zero-order chi connectivity index (χ0) is 18.4. The van der Waals surface area contributed by atoms with Gasteiger partial charge in [-0.25, -0.2) is 4.98 Å². The maximum absolute atomic E-state index is 13.3. The van der Waals surface area contributed by atoms with Crippen molar-refractivity contribution in [2.24, 2.45) is 5.92 Å². The van der Waals surface area contributed by atoms with Crippen LogP contribution in [0.25, 0.3) is 20.8 Å². The zero-order valence-corrected chi connectivity index (χ0v) is 17.3. The number of hydrogen-bond acceptors (Lipinski definition) is 4. The second-order valence-electron chi connectivity index (χ2n) is 7.76. The Bertz CT molecular complexity index is 1060. The average molecular weight is 397 g/mol. The Balaban J connectivity index is 1.70. The molecule has 2 aliphatic rings. The van der Waals surface area contributed by atoms with Crippen LogP contribution in [-0.2, 0) is 19.4 Å². The van der Waals surface area contributed by atoms with Gasteiger partial charge in [-0.3, -0.25) is 4.79 Å². The number of hydrogen-bond donors (Lipinski definition) is 0. The van der Waals surface area contributed by atoms with Crippen LogP contribution in [0.2, 0.25) is 0 Å². The number of thioether (sulfide) groups is 1. The molecule has 0 atom stereocenters. The third-order valence-corrected chi connectivity index (χ3v) is 8.06. The summed E-state index contributed by atoms with van der Waals surface area (Å²) in [7, 11) is 0. The van der Waals surface area contributed by atoms with E-state index in [9.17, 15) is 4.79 Å². The molecule has 0 saturated heterocycles. The number of benzene rings is 1. The van der Waals surface area contributed by atoms with Gasteiger partial charge >= 0.3 is 0 Å². The third-order valence-electron chi connectivity index (χ3n) is 6.10. The van der Waals surface area contributed by atoms with Crippen molar-refractivity contribution < 1.29 is 0 Å². The normalized spacial score (nSPS) is 17.1. The molecule has 3 nitrogen and oxygen atoms in total. The van der Waals surface area contributed by atoms with E-state index in [0.717, 1.165) is 34.9 Å². The second kappa shape index (κ2) is 7.10. The average Bonchev–Trinajstić information content (AvgIpc) is 3.07. The molecule has 0 radical (unpaired) electrons. The van der Waals surface area contributed by atoms with Crippen LogP contribution in [0.3, 0.4) is 0 Å². The maximum atomic E-state index is 13.3. The first-order valence-corrected chi connectivity index (χ1v) is 12.0. The summed E-state index contributed by atoms with van der Waals surface area (Å²) >= 11 is 3.45. The Kier molecular flexibility index (Phi) is 4.60. The van der Waals surface area contributed by atoms with Crippen LogP contribution in [0, 0.1) is 5.92 Å². The zero-order valence-electron chi connectivity index (χ0n) is 15.7. The van der Waals surface area contributed by atoms with Gasteiger partial charge < -0.3 is 4.57 Å². The molecule has 0 bridgehead atoms. The van der Waals surface area contributed by atoms with Gasteiger partial charge in [0.25, 0.3) is 0 Å². The highest BCUT2D eigenvalue weighted by Crippen LogP contribution is 2.39. The molecule has 2 aliphatic carbocycles. The summed E-state index contributed by atoms with van der Waals surface area (Å²) in [6.07, 6.45) is 10.5. The van der Waals surface area contributed by atoms with Gasteiger partial charge in [-0.2, -0.15) is 0 Å². The van der Waals surface area contributed by atoms with Gasteiger partial charge in [0, 0.05) is 17.0 Å². The van der Waals surface area contributed by atoms with Crippen molar-refractivity contribution in [3.05, 3.63) is 45.6 Å². The molecule has 1 saturated carbocycles. The van der Waals surface area contributed by atoms with E-state index in [1.165, 1.54) is 48.1 Å². The molecule has 27 heavy (non-hydrogen) atoms. The largest absolute Gasteiger partial charge is 0.310 e. The van der Waals surface area contributed by atoms with E-state index >= 15 is 0 Å². The predicted octanol–water partition coefficient (Wildman–Crippen LogP) is 5.53. The van der Waals surface area contributed by atoms with Gasteiger partial charge in [-0.05, 0) is 49.0 Å². The molecule has 0 spiro atoms. The second-order valence-corrected chi connectivity index (χ2v) is 9.54. The summed E-state index contributed by atoms with van der Waals surface area (Å²) in [6.45, 7) is 1.00. The molecular weight excluding hydrogens is 372 g/mol. The standard InChI is InChI=1S/C22H24N2OS2/c1-26-22-23-18-19(25)17-12-11-15-9-5-6-10-16(15)20(17)27-21(18)24(22)13-14-7-3-2-4-8-14/h5-6,9-10,14H,2-4,7-8,11-13H2,1H3. The topological polar surface area (TPSA) is 34.9 Å². The first kappa shape index (κ1) is 17.5. The van der Waals surface area contributed by atoms with Crippen LogP contribution in [0.15, 0.2) is 34.2 Å². The fourth-order valence-electron chi connectivity index (χ4n) is 4.68. The van der Waals surface area contributed by atoms with Crippen LogP contribution in [0.5, 0.6) is 0 Å². The highest BCUT2D eigenvalue weighted by atomic mass is 32.2. The van der Waals surface area contributed by atoms with Crippen molar-refractivity contribution in [1.82, 2.24) is 9.55 Å². The van der Waals surface area contributed by atoms with Crippen molar-refractivity contribution >= 4 is 33.4 Å². The molecule has 2 heterocycles. The Labute approximate surface area is 167 Å². The lowest BCUT2D eigenvalue weighted by Gasteiger charge is -2.23. The minimum absolute atomic E-state index is 0.158. The molecule has 2 aromatic heterocycles. The first-order valence-electron chi connectivity index (χ1n) is 9.94. The monoisotopic (exact) mass is 396 g/mol. The Morgan fingerprint density at radius 3 is 2.81 bits per heavy atom. The number of aromatic nitrogens is 2. The lowest BCUT2D eigenvalue weighted by molar-refractivity contribution is 0.315. The van der Waals surface area contributed by atoms with Crippen molar-refractivity contribution in [2.45, 2.75) is 56.6 Å². The molecule has 0 unspecified atom stereocenters. The highest BCUT2D eigenvalue weighted by Gasteiger charge is 2.25. The van der Waals surface area contributed by atoms with Gasteiger partial charge in [0.15, 0.2) is 5.16 Å². The lowest BCUT2D eigenvalue weighted by atomic mass is 9.89. The summed E-state index contributed by atoms with van der Waals surface area (Å²) in [5.74, 6) is 0.715. The summed E-state index contributed by atoms with van der Waals surface area (Å²) in [6, 6.07) is 8.56. The molecule has 0 N–H and O–H groups in total. The van der Waals surface area contributed by atoms with E-state index in [-0.39, 0.29) is 5.43 Å². The molecule has 3 aromatic rings. The van der Waals surface area contributed by atoms with Gasteiger partial charge in [-0.15, -0.1) is 11.3 Å². The Morgan fingerprint density at radius 1 is 1.19 bits per heavy atom. The smallest absolute Gasteiger partial charge is 0.211 e. The molecule has 140 valence electrons. The van der Waals surface area contributed by atoms with E-state index in [1.807, 2.05) is 0 Å². The summed E-state index contributed by atoms with van der Waals surface area (Å²) < 4.78 is 2.35. The summed E-state index contributed by atoms with van der Waals surface area (Å²) in [5.41, 5.74) is 4.44. The van der Waals surface area contributed by atoms with Gasteiger partial charge in [-0.1, -0.05) is 55.3 Å². The molecule has 0 amide bonds. The van der Waals surface area contributed by atoms with Crippen LogP contribution < -0.4 is 5.43 Å². The molecule has 5 heteroatoms. The van der Waals surface area contributed by atoms with E-state index in [1.54, 1.807) is 23.1 Å². The van der Waals surface area contributed by atoms with Gasteiger partial charge in [0.05, 0.1) is 0 Å². The number of imidazole rings is 1. The number of aryl methyl sites for hydroxylation is 1. The minimum atomic E-state index is 0.158. The van der Waals surface area contributed by atoms with E-state index < -0.39 is 0 Å². The van der Waals surface area contributed by atoms with E-state index in [4.69, 9.17) is 4.98 Å². The molecule has 1 fully saturated rings. The van der Waals surface area contributed by atoms with Crippen LogP contribution >= 0.6 is 23.1 Å². The molecule has 1 aromatic carbocycles. The van der Waals surface area contributed by atoms with Crippen LogP contribution in [-0.4, -0.2) is 15.8 Å². The molecule has 0 aliphatic heterocycles. The quantitative estimate of drug-likeness (QED) is 0.546. The molecular formula is C22H24N2OS2. The minimum Gasteiger partial charge on any atom is -0.310 e. The van der Waals surface area contributed by atoms with Crippen molar-refractivity contribution in [3.63, 3.8) is 0 Å². The first-order chi connectivity index (χ1) is 13.3. The fourth-order valence-corrected chi connectivity index (χ4v) is 6.64. The number of nitrogens with zero attached hydrogens (tertiary/aromatic N) is 2.